The van der Waals surface area contributed by atoms with Gasteiger partial charge < -0.3 is 4.90 Å². The number of ketones is 1. The van der Waals surface area contributed by atoms with Crippen LogP contribution in [-0.2, 0) is 14.4 Å². The number of imide groups is 1. The zero-order valence-corrected chi connectivity index (χ0v) is 17.8. The van der Waals surface area contributed by atoms with Crippen molar-refractivity contribution >= 4 is 45.3 Å². The third-order valence-corrected chi connectivity index (χ3v) is 6.37. The molecule has 0 radical (unpaired) electrons. The highest BCUT2D eigenvalue weighted by molar-refractivity contribution is 9.10. The van der Waals surface area contributed by atoms with Crippen molar-refractivity contribution in [1.82, 2.24) is 4.90 Å². The lowest BCUT2D eigenvalue weighted by atomic mass is 9.79. The Morgan fingerprint density at radius 1 is 1.21 bits per heavy atom. The Balaban J connectivity index is 1.88. The van der Waals surface area contributed by atoms with E-state index < -0.39 is 23.3 Å². The quantitative estimate of drug-likeness (QED) is 0.531. The Bertz CT molecular complexity index is 930. The number of fused-ring (bicyclic) bond motifs is 5. The summed E-state index contributed by atoms with van der Waals surface area (Å²) in [5, 5.41) is 0. The van der Waals surface area contributed by atoms with Crippen LogP contribution in [0.15, 0.2) is 41.4 Å². The molecule has 2 saturated heterocycles. The molecule has 3 aliphatic heterocycles. The van der Waals surface area contributed by atoms with Gasteiger partial charge in [-0.1, -0.05) is 54.9 Å². The fraction of sp³-hybridized carbons (Fsp3) is 0.409. The van der Waals surface area contributed by atoms with Gasteiger partial charge in [-0.15, -0.1) is 6.58 Å². The number of Topliss-reactive ketones (excluding diaryl/α,β-unsaturated/α-hetero) is 1. The van der Waals surface area contributed by atoms with Crippen LogP contribution in [0, 0.1) is 17.3 Å². The van der Waals surface area contributed by atoms with Crippen molar-refractivity contribution in [1.29, 1.82) is 0 Å². The Labute approximate surface area is 173 Å². The predicted molar refractivity (Wildman–Crippen MR) is 112 cm³/mol. The highest BCUT2D eigenvalue weighted by atomic mass is 79.9. The van der Waals surface area contributed by atoms with Crippen LogP contribution in [0.2, 0.25) is 0 Å². The molecule has 6 heteroatoms. The molecule has 2 fully saturated rings. The number of rotatable bonds is 3. The lowest BCUT2D eigenvalue weighted by Crippen LogP contribution is -2.51. The molecular formula is C22H23BrN2O3. The van der Waals surface area contributed by atoms with E-state index in [4.69, 9.17) is 0 Å². The zero-order chi connectivity index (χ0) is 20.4. The number of carbonyl (C=O) groups is 3. The van der Waals surface area contributed by atoms with Crippen LogP contribution in [-0.4, -0.2) is 41.1 Å². The summed E-state index contributed by atoms with van der Waals surface area (Å²) < 4.78 is 0.941. The van der Waals surface area contributed by atoms with Crippen LogP contribution in [0.4, 0.5) is 5.69 Å². The minimum Gasteiger partial charge on any atom is -0.353 e. The third-order valence-electron chi connectivity index (χ3n) is 5.88. The molecule has 0 spiro atoms. The van der Waals surface area contributed by atoms with Gasteiger partial charge in [0.25, 0.3) is 0 Å². The molecule has 5 nitrogen and oxygen atoms in total. The monoisotopic (exact) mass is 442 g/mol. The molecule has 4 rings (SSSR count). The van der Waals surface area contributed by atoms with E-state index in [9.17, 15) is 14.4 Å². The molecule has 4 atom stereocenters. The van der Waals surface area contributed by atoms with E-state index in [0.29, 0.717) is 0 Å². The van der Waals surface area contributed by atoms with Gasteiger partial charge in [-0.3, -0.25) is 19.3 Å². The maximum Gasteiger partial charge on any atom is 0.236 e. The first-order valence-electron chi connectivity index (χ1n) is 9.43. The summed E-state index contributed by atoms with van der Waals surface area (Å²) in [6, 6.07) is 4.90. The Morgan fingerprint density at radius 2 is 1.89 bits per heavy atom. The van der Waals surface area contributed by atoms with Gasteiger partial charge in [-0.25, -0.2) is 0 Å². The molecule has 1 aromatic rings. The number of likely N-dealkylation sites (tertiary alicyclic amines) is 1. The van der Waals surface area contributed by atoms with Crippen molar-refractivity contribution in [3.8, 4) is 0 Å². The van der Waals surface area contributed by atoms with E-state index in [-0.39, 0.29) is 30.2 Å². The highest BCUT2D eigenvalue weighted by Gasteiger charge is 2.64. The van der Waals surface area contributed by atoms with Gasteiger partial charge in [-0.2, -0.15) is 0 Å². The summed E-state index contributed by atoms with van der Waals surface area (Å²) in [4.78, 5) is 43.0. The zero-order valence-electron chi connectivity index (χ0n) is 16.2. The van der Waals surface area contributed by atoms with Crippen LogP contribution in [0.1, 0.15) is 26.3 Å². The second-order valence-corrected chi connectivity index (χ2v) is 9.56. The van der Waals surface area contributed by atoms with Crippen molar-refractivity contribution in [3.05, 3.63) is 47.0 Å². The molecule has 28 heavy (non-hydrogen) atoms. The van der Waals surface area contributed by atoms with Gasteiger partial charge in [0, 0.05) is 22.1 Å². The number of hydrogen-bond acceptors (Lipinski definition) is 4. The molecule has 0 N–H and O–H groups in total. The van der Waals surface area contributed by atoms with Crippen molar-refractivity contribution in [2.24, 2.45) is 17.3 Å². The van der Waals surface area contributed by atoms with Crippen LogP contribution in [0.25, 0.3) is 6.08 Å². The van der Waals surface area contributed by atoms with Gasteiger partial charge >= 0.3 is 0 Å². The molecule has 0 aliphatic carbocycles. The first kappa shape index (κ1) is 19.1. The van der Waals surface area contributed by atoms with Crippen molar-refractivity contribution < 1.29 is 14.4 Å². The molecule has 0 aromatic heterocycles. The van der Waals surface area contributed by atoms with Gasteiger partial charge in [0.2, 0.25) is 11.8 Å². The highest BCUT2D eigenvalue weighted by Crippen LogP contribution is 2.50. The summed E-state index contributed by atoms with van der Waals surface area (Å²) in [5.41, 5.74) is 1.24. The van der Waals surface area contributed by atoms with Crippen LogP contribution >= 0.6 is 15.9 Å². The molecule has 1 aromatic carbocycles. The number of amides is 2. The Morgan fingerprint density at radius 3 is 2.54 bits per heavy atom. The first-order valence-corrected chi connectivity index (χ1v) is 10.2. The van der Waals surface area contributed by atoms with E-state index in [1.807, 2.05) is 56.0 Å². The van der Waals surface area contributed by atoms with E-state index in [2.05, 4.69) is 22.5 Å². The van der Waals surface area contributed by atoms with Gasteiger partial charge in [0.15, 0.2) is 5.78 Å². The van der Waals surface area contributed by atoms with E-state index in [0.717, 1.165) is 15.7 Å². The van der Waals surface area contributed by atoms with E-state index >= 15 is 0 Å². The SMILES string of the molecule is C=CCN1C(=O)[C@@H]2[C@H](C1=O)[C@H](C(=O)C(C)(C)C)N1c3ccc(Br)cc3C=C[C@H]21. The minimum atomic E-state index is -0.663. The summed E-state index contributed by atoms with van der Waals surface area (Å²) in [6.07, 6.45) is 5.50. The number of hydrogen-bond donors (Lipinski definition) is 0. The van der Waals surface area contributed by atoms with Crippen molar-refractivity contribution in [2.45, 2.75) is 32.9 Å². The second kappa shape index (κ2) is 6.41. The number of nitrogens with zero attached hydrogens (tertiary/aromatic N) is 2. The molecule has 2 amide bonds. The molecule has 3 heterocycles. The first-order chi connectivity index (χ1) is 13.2. The van der Waals surface area contributed by atoms with Gasteiger partial charge in [0.05, 0.1) is 17.9 Å². The molecule has 0 unspecified atom stereocenters. The third kappa shape index (κ3) is 2.61. The molecule has 0 saturated carbocycles. The summed E-state index contributed by atoms with van der Waals surface area (Å²) in [5.74, 6) is -1.70. The smallest absolute Gasteiger partial charge is 0.236 e. The van der Waals surface area contributed by atoms with Crippen molar-refractivity contribution in [3.63, 3.8) is 0 Å². The van der Waals surface area contributed by atoms with Crippen LogP contribution in [0.5, 0.6) is 0 Å². The standard InChI is InChI=1S/C22H23BrN2O3/c1-5-10-24-20(27)16-15-8-6-12-11-13(23)7-9-14(12)25(15)18(17(16)21(24)28)19(26)22(2,3)4/h5-9,11,15-18H,1,10H2,2-4H3/t15-,16+,17+,18-/m1/s1. The van der Waals surface area contributed by atoms with Crippen molar-refractivity contribution in [2.75, 3.05) is 11.4 Å². The fourth-order valence-corrected chi connectivity index (χ4v) is 5.04. The maximum atomic E-state index is 13.5. The average molecular weight is 443 g/mol. The number of benzene rings is 1. The molecular weight excluding hydrogens is 420 g/mol. The average Bonchev–Trinajstić information content (AvgIpc) is 3.09. The lowest BCUT2D eigenvalue weighted by Gasteiger charge is -2.38. The van der Waals surface area contributed by atoms with E-state index in [1.54, 1.807) is 6.08 Å². The lowest BCUT2D eigenvalue weighted by molar-refractivity contribution is -0.141. The second-order valence-electron chi connectivity index (χ2n) is 8.65. The molecule has 3 aliphatic rings. The topological polar surface area (TPSA) is 57.7 Å². The largest absolute Gasteiger partial charge is 0.353 e. The summed E-state index contributed by atoms with van der Waals surface area (Å²) in [7, 11) is 0. The fourth-order valence-electron chi connectivity index (χ4n) is 4.66. The summed E-state index contributed by atoms with van der Waals surface area (Å²) >= 11 is 3.49. The normalized spacial score (nSPS) is 28.3. The minimum absolute atomic E-state index is 0.0178. The van der Waals surface area contributed by atoms with Gasteiger partial charge in [0.1, 0.15) is 6.04 Å². The Kier molecular flexibility index (Phi) is 4.38. The number of halogens is 1. The van der Waals surface area contributed by atoms with Gasteiger partial charge in [-0.05, 0) is 23.8 Å². The maximum absolute atomic E-state index is 13.5. The summed E-state index contributed by atoms with van der Waals surface area (Å²) in [6.45, 7) is 9.43. The van der Waals surface area contributed by atoms with Crippen LogP contribution < -0.4 is 4.90 Å². The predicted octanol–water partition coefficient (Wildman–Crippen LogP) is 3.44. The van der Waals surface area contributed by atoms with Crippen LogP contribution in [0.3, 0.4) is 0 Å². The number of anilines is 1. The number of carbonyl (C=O) groups excluding carboxylic acids is 3. The Hall–Kier alpha value is -2.21. The van der Waals surface area contributed by atoms with E-state index in [1.165, 1.54) is 4.90 Å². The molecule has 0 bridgehead atoms. The molecule has 146 valence electrons.